The summed E-state index contributed by atoms with van der Waals surface area (Å²) in [6.07, 6.45) is 1.45. The van der Waals surface area contributed by atoms with Crippen molar-refractivity contribution in [2.24, 2.45) is 0 Å². The molecule has 2 heterocycles. The lowest BCUT2D eigenvalue weighted by Gasteiger charge is -2.00. The topological polar surface area (TPSA) is 107 Å². The first kappa shape index (κ1) is 21.0. The van der Waals surface area contributed by atoms with Gasteiger partial charge in [0.25, 0.3) is 0 Å². The number of fused-ring (bicyclic) bond motifs is 1. The Morgan fingerprint density at radius 1 is 1.23 bits per heavy atom. The number of thiophene rings is 1. The second kappa shape index (κ2) is 8.77. The normalized spacial score (nSPS) is 11.2. The predicted octanol–water partition coefficient (Wildman–Crippen LogP) is 4.61. The Morgan fingerprint density at radius 2 is 1.97 bits per heavy atom. The highest BCUT2D eigenvalue weighted by Gasteiger charge is 2.23. The maximum absolute atomic E-state index is 12.9. The Bertz CT molecular complexity index is 1270. The lowest BCUT2D eigenvalue weighted by molar-refractivity contribution is -0.114. The molecule has 30 heavy (non-hydrogen) atoms. The number of esters is 1. The monoisotopic (exact) mass is 417 g/mol. The van der Waals surface area contributed by atoms with Gasteiger partial charge in [-0.2, -0.15) is 10.5 Å². The van der Waals surface area contributed by atoms with Crippen LogP contribution in [0.3, 0.4) is 0 Å². The standard InChI is InChI=1S/C23H19N3O3S/c1-4-29-23(28)22-13(2)18(12-25)21(30-22)10-20(27)15(11-24)9-17-14(3)26-19-8-6-5-7-16(17)19/h5-9,26H,4,10H2,1-3H3/b15-9+. The minimum absolute atomic E-state index is 0.00418. The lowest BCUT2D eigenvalue weighted by Crippen LogP contribution is -2.05. The highest BCUT2D eigenvalue weighted by Crippen LogP contribution is 2.30. The van der Waals surface area contributed by atoms with E-state index in [4.69, 9.17) is 4.74 Å². The van der Waals surface area contributed by atoms with Crippen molar-refractivity contribution in [1.82, 2.24) is 4.98 Å². The molecule has 0 saturated heterocycles. The quantitative estimate of drug-likeness (QED) is 0.358. The van der Waals surface area contributed by atoms with Crippen LogP contribution in [0.5, 0.6) is 0 Å². The number of carbonyl (C=O) groups is 2. The molecule has 7 heteroatoms. The zero-order valence-electron chi connectivity index (χ0n) is 16.8. The smallest absolute Gasteiger partial charge is 0.348 e. The first-order chi connectivity index (χ1) is 14.4. The van der Waals surface area contributed by atoms with E-state index >= 15 is 0 Å². The lowest BCUT2D eigenvalue weighted by atomic mass is 10.0. The maximum atomic E-state index is 12.9. The van der Waals surface area contributed by atoms with Crippen LogP contribution in [0.2, 0.25) is 0 Å². The number of hydrogen-bond acceptors (Lipinski definition) is 6. The first-order valence-corrected chi connectivity index (χ1v) is 10.1. The van der Waals surface area contributed by atoms with Gasteiger partial charge in [-0.3, -0.25) is 4.79 Å². The van der Waals surface area contributed by atoms with Gasteiger partial charge in [0, 0.05) is 33.5 Å². The first-order valence-electron chi connectivity index (χ1n) is 9.33. The molecular weight excluding hydrogens is 398 g/mol. The van der Waals surface area contributed by atoms with Crippen LogP contribution in [0, 0.1) is 36.5 Å². The van der Waals surface area contributed by atoms with Crippen molar-refractivity contribution in [3.63, 3.8) is 0 Å². The third-order valence-corrected chi connectivity index (χ3v) is 6.04. The summed E-state index contributed by atoms with van der Waals surface area (Å²) in [7, 11) is 0. The molecule has 0 aliphatic heterocycles. The Kier molecular flexibility index (Phi) is 6.15. The number of carbonyl (C=O) groups excluding carboxylic acids is 2. The summed E-state index contributed by atoms with van der Waals surface area (Å²) in [5.74, 6) is -0.920. The van der Waals surface area contributed by atoms with E-state index < -0.39 is 11.8 Å². The van der Waals surface area contributed by atoms with Crippen LogP contribution in [0.15, 0.2) is 29.8 Å². The second-order valence-corrected chi connectivity index (χ2v) is 7.77. The third kappa shape index (κ3) is 3.89. The summed E-state index contributed by atoms with van der Waals surface area (Å²) in [4.78, 5) is 29.0. The van der Waals surface area contributed by atoms with Crippen LogP contribution in [-0.2, 0) is 16.0 Å². The van der Waals surface area contributed by atoms with Gasteiger partial charge in [-0.25, -0.2) is 4.79 Å². The number of aromatic amines is 1. The number of H-pyrrole nitrogens is 1. The number of ether oxygens (including phenoxy) is 1. The van der Waals surface area contributed by atoms with Crippen LogP contribution in [-0.4, -0.2) is 23.3 Å². The summed E-state index contributed by atoms with van der Waals surface area (Å²) in [5.41, 5.74) is 3.34. The zero-order chi connectivity index (χ0) is 21.8. The summed E-state index contributed by atoms with van der Waals surface area (Å²) in [6.45, 7) is 5.46. The van der Waals surface area contributed by atoms with Crippen molar-refractivity contribution in [1.29, 1.82) is 10.5 Å². The molecule has 0 unspecified atom stereocenters. The number of rotatable bonds is 6. The Labute approximate surface area is 178 Å². The zero-order valence-corrected chi connectivity index (χ0v) is 17.6. The average Bonchev–Trinajstić information content (AvgIpc) is 3.21. The van der Waals surface area contributed by atoms with E-state index in [1.54, 1.807) is 19.9 Å². The number of aryl methyl sites for hydroxylation is 1. The molecule has 0 saturated carbocycles. The molecule has 0 radical (unpaired) electrons. The molecule has 2 aromatic heterocycles. The molecule has 0 amide bonds. The molecule has 0 bridgehead atoms. The minimum atomic E-state index is -0.513. The number of allylic oxidation sites excluding steroid dienone is 1. The number of nitrogens with zero attached hydrogens (tertiary/aromatic N) is 2. The summed E-state index contributed by atoms with van der Waals surface area (Å²) >= 11 is 1.07. The fourth-order valence-corrected chi connectivity index (χ4v) is 4.43. The largest absolute Gasteiger partial charge is 0.462 e. The van der Waals surface area contributed by atoms with Gasteiger partial charge in [-0.05, 0) is 38.5 Å². The van der Waals surface area contributed by atoms with E-state index in [0.29, 0.717) is 15.3 Å². The number of Topliss-reactive ketones (excluding diaryl/α,β-unsaturated/α-hetero) is 1. The van der Waals surface area contributed by atoms with E-state index in [2.05, 4.69) is 11.1 Å². The van der Waals surface area contributed by atoms with Gasteiger partial charge in [0.1, 0.15) is 17.0 Å². The number of aromatic nitrogens is 1. The molecule has 0 aliphatic rings. The van der Waals surface area contributed by atoms with Gasteiger partial charge in [0.05, 0.1) is 17.7 Å². The summed E-state index contributed by atoms with van der Waals surface area (Å²) in [6, 6.07) is 11.7. The van der Waals surface area contributed by atoms with E-state index in [0.717, 1.165) is 33.5 Å². The molecule has 0 aliphatic carbocycles. The summed E-state index contributed by atoms with van der Waals surface area (Å²) in [5, 5.41) is 20.0. The Morgan fingerprint density at radius 3 is 2.63 bits per heavy atom. The van der Waals surface area contributed by atoms with Crippen LogP contribution in [0.25, 0.3) is 17.0 Å². The van der Waals surface area contributed by atoms with Crippen LogP contribution >= 0.6 is 11.3 Å². The van der Waals surface area contributed by atoms with Crippen LogP contribution in [0.1, 0.15) is 43.9 Å². The molecule has 1 aromatic carbocycles. The van der Waals surface area contributed by atoms with Gasteiger partial charge in [-0.15, -0.1) is 11.3 Å². The minimum Gasteiger partial charge on any atom is -0.462 e. The van der Waals surface area contributed by atoms with Gasteiger partial charge >= 0.3 is 5.97 Å². The second-order valence-electron chi connectivity index (χ2n) is 6.67. The molecule has 3 aromatic rings. The van der Waals surface area contributed by atoms with Gasteiger partial charge in [-0.1, -0.05) is 18.2 Å². The number of para-hydroxylation sites is 1. The fourth-order valence-electron chi connectivity index (χ4n) is 3.28. The van der Waals surface area contributed by atoms with Crippen molar-refractivity contribution < 1.29 is 14.3 Å². The van der Waals surface area contributed by atoms with E-state index in [1.165, 1.54) is 0 Å². The number of nitrogens with one attached hydrogen (secondary N) is 1. The van der Waals surface area contributed by atoms with Crippen molar-refractivity contribution in [2.75, 3.05) is 6.61 Å². The third-order valence-electron chi connectivity index (χ3n) is 4.77. The molecular formula is C23H19N3O3S. The number of ketones is 1. The molecule has 150 valence electrons. The molecule has 0 atom stereocenters. The molecule has 1 N–H and O–H groups in total. The molecule has 0 spiro atoms. The molecule has 3 rings (SSSR count). The predicted molar refractivity (Wildman–Crippen MR) is 115 cm³/mol. The van der Waals surface area contributed by atoms with Gasteiger partial charge < -0.3 is 9.72 Å². The van der Waals surface area contributed by atoms with E-state index in [-0.39, 0.29) is 24.2 Å². The van der Waals surface area contributed by atoms with Crippen molar-refractivity contribution in [3.8, 4) is 12.1 Å². The highest BCUT2D eigenvalue weighted by atomic mass is 32.1. The van der Waals surface area contributed by atoms with Gasteiger partial charge in [0.2, 0.25) is 0 Å². The van der Waals surface area contributed by atoms with Crippen molar-refractivity contribution in [2.45, 2.75) is 27.2 Å². The molecule has 6 nitrogen and oxygen atoms in total. The highest BCUT2D eigenvalue weighted by molar-refractivity contribution is 7.14. The Hall–Kier alpha value is -3.68. The number of nitriles is 2. The Balaban J connectivity index is 1.96. The average molecular weight is 417 g/mol. The number of hydrogen-bond donors (Lipinski definition) is 1. The SMILES string of the molecule is CCOC(=O)c1sc(CC(=O)/C(C#N)=C/c2c(C)[nH]c3ccccc23)c(C#N)c1C. The van der Waals surface area contributed by atoms with Crippen molar-refractivity contribution >= 4 is 40.1 Å². The number of benzene rings is 1. The summed E-state index contributed by atoms with van der Waals surface area (Å²) < 4.78 is 5.03. The van der Waals surface area contributed by atoms with Crippen LogP contribution in [0.4, 0.5) is 0 Å². The van der Waals surface area contributed by atoms with E-state index in [1.807, 2.05) is 37.3 Å². The van der Waals surface area contributed by atoms with E-state index in [9.17, 15) is 20.1 Å². The fraction of sp³-hybridized carbons (Fsp3) is 0.217. The van der Waals surface area contributed by atoms with Crippen molar-refractivity contribution in [3.05, 3.63) is 62.0 Å². The van der Waals surface area contributed by atoms with Crippen LogP contribution < -0.4 is 0 Å². The van der Waals surface area contributed by atoms with Gasteiger partial charge in [0.15, 0.2) is 5.78 Å². The maximum Gasteiger partial charge on any atom is 0.348 e. The molecule has 0 fully saturated rings.